The molecule has 3 heterocycles. The van der Waals surface area contributed by atoms with Crippen LogP contribution < -0.4 is 0 Å². The van der Waals surface area contributed by atoms with Crippen molar-refractivity contribution in [3.8, 4) is 0 Å². The first-order valence-electron chi connectivity index (χ1n) is 7.52. The van der Waals surface area contributed by atoms with Crippen LogP contribution in [0.3, 0.4) is 0 Å². The molecule has 2 aliphatic heterocycles. The minimum Gasteiger partial charge on any atom is -0.345 e. The number of thiazole rings is 1. The summed E-state index contributed by atoms with van der Waals surface area (Å²) in [6.07, 6.45) is 3.52. The van der Waals surface area contributed by atoms with E-state index >= 15 is 0 Å². The summed E-state index contributed by atoms with van der Waals surface area (Å²) >= 11 is 1.64. The van der Waals surface area contributed by atoms with Gasteiger partial charge < -0.3 is 9.80 Å². The molecule has 2 saturated heterocycles. The predicted octanol–water partition coefficient (Wildman–Crippen LogP) is 1.98. The normalized spacial score (nSPS) is 26.5. The molecule has 0 spiro atoms. The zero-order valence-corrected chi connectivity index (χ0v) is 13.4. The number of likely N-dealkylation sites (tertiary alicyclic amines) is 2. The third-order valence-corrected chi connectivity index (χ3v) is 5.46. The predicted molar refractivity (Wildman–Crippen MR) is 80.9 cm³/mol. The van der Waals surface area contributed by atoms with Crippen molar-refractivity contribution in [2.24, 2.45) is 5.92 Å². The SMILES string of the molecule is Cc1csc([C@@H]2CCCCN2C(=O)[C@H]2CC(=O)N(C)C2)n1. The first kappa shape index (κ1) is 14.5. The summed E-state index contributed by atoms with van der Waals surface area (Å²) < 4.78 is 0. The first-order valence-corrected chi connectivity index (χ1v) is 8.40. The summed E-state index contributed by atoms with van der Waals surface area (Å²) in [5.41, 5.74) is 1.02. The number of rotatable bonds is 2. The van der Waals surface area contributed by atoms with Crippen LogP contribution in [0.25, 0.3) is 0 Å². The van der Waals surface area contributed by atoms with Gasteiger partial charge >= 0.3 is 0 Å². The molecule has 114 valence electrons. The quantitative estimate of drug-likeness (QED) is 0.839. The van der Waals surface area contributed by atoms with E-state index in [0.29, 0.717) is 13.0 Å². The molecule has 0 saturated carbocycles. The van der Waals surface area contributed by atoms with Crippen molar-refractivity contribution in [3.63, 3.8) is 0 Å². The maximum absolute atomic E-state index is 12.8. The van der Waals surface area contributed by atoms with Crippen LogP contribution in [0.4, 0.5) is 0 Å². The van der Waals surface area contributed by atoms with Gasteiger partial charge in [-0.15, -0.1) is 11.3 Å². The lowest BCUT2D eigenvalue weighted by atomic mass is 9.99. The number of carbonyl (C=O) groups excluding carboxylic acids is 2. The number of aryl methyl sites for hydroxylation is 1. The molecule has 1 aromatic heterocycles. The van der Waals surface area contributed by atoms with E-state index in [-0.39, 0.29) is 23.8 Å². The fourth-order valence-corrected chi connectivity index (χ4v) is 4.18. The molecule has 2 amide bonds. The summed E-state index contributed by atoms with van der Waals surface area (Å²) in [7, 11) is 1.77. The van der Waals surface area contributed by atoms with Crippen molar-refractivity contribution in [2.45, 2.75) is 38.6 Å². The van der Waals surface area contributed by atoms with Crippen LogP contribution in [0.5, 0.6) is 0 Å². The van der Waals surface area contributed by atoms with Crippen molar-refractivity contribution in [3.05, 3.63) is 16.1 Å². The van der Waals surface area contributed by atoms with Crippen molar-refractivity contribution in [1.29, 1.82) is 0 Å². The van der Waals surface area contributed by atoms with E-state index in [1.54, 1.807) is 23.3 Å². The van der Waals surface area contributed by atoms with E-state index in [4.69, 9.17) is 0 Å². The highest BCUT2D eigenvalue weighted by molar-refractivity contribution is 7.09. The van der Waals surface area contributed by atoms with Crippen LogP contribution in [0.2, 0.25) is 0 Å². The number of piperidine rings is 1. The van der Waals surface area contributed by atoms with Crippen molar-refractivity contribution < 1.29 is 9.59 Å². The van der Waals surface area contributed by atoms with Gasteiger partial charge in [0.05, 0.1) is 12.0 Å². The first-order chi connectivity index (χ1) is 10.1. The zero-order valence-electron chi connectivity index (χ0n) is 12.5. The summed E-state index contributed by atoms with van der Waals surface area (Å²) in [5, 5.41) is 3.08. The fourth-order valence-electron chi connectivity index (χ4n) is 3.24. The molecule has 1 aromatic rings. The van der Waals surface area contributed by atoms with Gasteiger partial charge in [-0.2, -0.15) is 0 Å². The number of amides is 2. The zero-order chi connectivity index (χ0) is 15.0. The largest absolute Gasteiger partial charge is 0.345 e. The van der Waals surface area contributed by atoms with E-state index in [1.165, 1.54) is 0 Å². The molecular weight excluding hydrogens is 286 g/mol. The Balaban J connectivity index is 1.78. The van der Waals surface area contributed by atoms with Gasteiger partial charge in [0.25, 0.3) is 0 Å². The Morgan fingerprint density at radius 2 is 2.24 bits per heavy atom. The number of nitrogens with zero attached hydrogens (tertiary/aromatic N) is 3. The Morgan fingerprint density at radius 3 is 2.86 bits per heavy atom. The highest BCUT2D eigenvalue weighted by Gasteiger charge is 2.38. The molecular formula is C15H21N3O2S. The summed E-state index contributed by atoms with van der Waals surface area (Å²) in [4.78, 5) is 32.7. The molecule has 0 bridgehead atoms. The molecule has 5 nitrogen and oxygen atoms in total. The van der Waals surface area contributed by atoms with E-state index < -0.39 is 0 Å². The smallest absolute Gasteiger partial charge is 0.228 e. The molecule has 2 fully saturated rings. The van der Waals surface area contributed by atoms with Crippen LogP contribution in [0.1, 0.15) is 42.4 Å². The second kappa shape index (κ2) is 5.75. The maximum atomic E-state index is 12.8. The van der Waals surface area contributed by atoms with Gasteiger partial charge in [-0.1, -0.05) is 0 Å². The van der Waals surface area contributed by atoms with Gasteiger partial charge in [0.1, 0.15) is 5.01 Å². The van der Waals surface area contributed by atoms with Crippen LogP contribution in [-0.2, 0) is 9.59 Å². The van der Waals surface area contributed by atoms with Crippen LogP contribution in [-0.4, -0.2) is 46.7 Å². The van der Waals surface area contributed by atoms with Crippen LogP contribution in [0, 0.1) is 12.8 Å². The topological polar surface area (TPSA) is 53.5 Å². The highest BCUT2D eigenvalue weighted by Crippen LogP contribution is 2.34. The van der Waals surface area contributed by atoms with E-state index in [0.717, 1.165) is 36.5 Å². The lowest BCUT2D eigenvalue weighted by molar-refractivity contribution is -0.139. The summed E-state index contributed by atoms with van der Waals surface area (Å²) in [5.74, 6) is 0.0291. The van der Waals surface area contributed by atoms with Crippen molar-refractivity contribution >= 4 is 23.2 Å². The third-order valence-electron chi connectivity index (χ3n) is 4.40. The lowest BCUT2D eigenvalue weighted by Crippen LogP contribution is -2.42. The van der Waals surface area contributed by atoms with Crippen LogP contribution in [0.15, 0.2) is 5.38 Å². The lowest BCUT2D eigenvalue weighted by Gasteiger charge is -2.36. The molecule has 0 aromatic carbocycles. The molecule has 2 atom stereocenters. The highest BCUT2D eigenvalue weighted by atomic mass is 32.1. The van der Waals surface area contributed by atoms with Crippen molar-refractivity contribution in [2.75, 3.05) is 20.1 Å². The van der Waals surface area contributed by atoms with Crippen LogP contribution >= 0.6 is 11.3 Å². The van der Waals surface area contributed by atoms with Gasteiger partial charge in [-0.25, -0.2) is 4.98 Å². The Bertz CT molecular complexity index is 557. The number of carbonyl (C=O) groups is 2. The fraction of sp³-hybridized carbons (Fsp3) is 0.667. The van der Waals surface area contributed by atoms with E-state index in [1.807, 2.05) is 17.2 Å². The number of hydrogen-bond donors (Lipinski definition) is 0. The van der Waals surface area contributed by atoms with Gasteiger partial charge in [-0.3, -0.25) is 9.59 Å². The molecule has 6 heteroatoms. The van der Waals surface area contributed by atoms with E-state index in [2.05, 4.69) is 4.98 Å². The maximum Gasteiger partial charge on any atom is 0.228 e. The molecule has 3 rings (SSSR count). The molecule has 0 aliphatic carbocycles. The Hall–Kier alpha value is -1.43. The standard InChI is InChI=1S/C15H21N3O2S/c1-10-9-21-14(16-10)12-5-3-4-6-18(12)15(20)11-7-13(19)17(2)8-11/h9,11-12H,3-8H2,1-2H3/t11-,12-/m0/s1. The molecule has 0 N–H and O–H groups in total. The molecule has 0 unspecified atom stereocenters. The molecule has 21 heavy (non-hydrogen) atoms. The van der Waals surface area contributed by atoms with Crippen molar-refractivity contribution in [1.82, 2.24) is 14.8 Å². The Kier molecular flexibility index (Phi) is 3.97. The monoisotopic (exact) mass is 307 g/mol. The Morgan fingerprint density at radius 1 is 1.43 bits per heavy atom. The average Bonchev–Trinajstić information content (AvgIpc) is 3.05. The summed E-state index contributed by atoms with van der Waals surface area (Å²) in [6, 6.07) is 0.103. The average molecular weight is 307 g/mol. The minimum atomic E-state index is -0.177. The minimum absolute atomic E-state index is 0.0759. The van der Waals surface area contributed by atoms with E-state index in [9.17, 15) is 9.59 Å². The Labute approximate surface area is 129 Å². The van der Waals surface area contributed by atoms with Gasteiger partial charge in [-0.05, 0) is 26.2 Å². The van der Waals surface area contributed by atoms with Gasteiger partial charge in [0.2, 0.25) is 11.8 Å². The van der Waals surface area contributed by atoms with Gasteiger partial charge in [0.15, 0.2) is 0 Å². The molecule has 0 radical (unpaired) electrons. The van der Waals surface area contributed by atoms with Gasteiger partial charge in [0, 0.05) is 37.6 Å². The number of aromatic nitrogens is 1. The second-order valence-electron chi connectivity index (χ2n) is 6.05. The molecule has 2 aliphatic rings. The summed E-state index contributed by atoms with van der Waals surface area (Å²) in [6.45, 7) is 3.33. The second-order valence-corrected chi connectivity index (χ2v) is 6.94. The third kappa shape index (κ3) is 2.81. The number of hydrogen-bond acceptors (Lipinski definition) is 4.